The van der Waals surface area contributed by atoms with Crippen molar-refractivity contribution in [2.45, 2.75) is 39.0 Å². The lowest BCUT2D eigenvalue weighted by Crippen LogP contribution is -2.25. The van der Waals surface area contributed by atoms with Gasteiger partial charge in [-0.1, -0.05) is 18.2 Å². The minimum Gasteiger partial charge on any atom is -0.380 e. The normalized spacial score (nSPS) is 20.7. The van der Waals surface area contributed by atoms with Gasteiger partial charge in [-0.15, -0.1) is 0 Å². The summed E-state index contributed by atoms with van der Waals surface area (Å²) in [6.45, 7) is 5.67. The number of nitrogens with one attached hydrogen (secondary N) is 1. The first-order valence-electron chi connectivity index (χ1n) is 8.90. The van der Waals surface area contributed by atoms with Crippen LogP contribution < -0.4 is 0 Å². The van der Waals surface area contributed by atoms with Crippen LogP contribution in [0.15, 0.2) is 36.5 Å². The number of rotatable bonds is 5. The van der Waals surface area contributed by atoms with Crippen LogP contribution in [0.3, 0.4) is 0 Å². The van der Waals surface area contributed by atoms with E-state index in [1.807, 2.05) is 43.5 Å². The zero-order chi connectivity index (χ0) is 18.1. The van der Waals surface area contributed by atoms with Crippen molar-refractivity contribution in [1.82, 2.24) is 29.9 Å². The number of para-hydroxylation sites is 1. The van der Waals surface area contributed by atoms with Crippen molar-refractivity contribution in [3.05, 3.63) is 59.4 Å². The molecular formula is C19H24N6O. The molecule has 7 heteroatoms. The molecule has 1 saturated heterocycles. The molecule has 1 aliphatic heterocycles. The Hall–Kier alpha value is -2.51. The smallest absolute Gasteiger partial charge is 0.124 e. The molecule has 1 aromatic carbocycles. The minimum absolute atomic E-state index is 0.203. The number of imidazole rings is 1. The Kier molecular flexibility index (Phi) is 4.57. The van der Waals surface area contributed by atoms with Gasteiger partial charge in [-0.3, -0.25) is 4.90 Å². The first kappa shape index (κ1) is 16.9. The van der Waals surface area contributed by atoms with Gasteiger partial charge >= 0.3 is 0 Å². The average molecular weight is 352 g/mol. The van der Waals surface area contributed by atoms with Crippen LogP contribution in [0.2, 0.25) is 0 Å². The molecule has 1 N–H and O–H groups in total. The van der Waals surface area contributed by atoms with Crippen LogP contribution in [0.5, 0.6) is 0 Å². The highest BCUT2D eigenvalue weighted by atomic mass is 16.5. The summed E-state index contributed by atoms with van der Waals surface area (Å²) in [5.41, 5.74) is 4.08. The predicted octanol–water partition coefficient (Wildman–Crippen LogP) is 2.57. The fourth-order valence-corrected chi connectivity index (χ4v) is 3.49. The zero-order valence-electron chi connectivity index (χ0n) is 15.4. The third-order valence-corrected chi connectivity index (χ3v) is 5.05. The number of H-pyrrole nitrogens is 1. The number of aromatic nitrogens is 5. The lowest BCUT2D eigenvalue weighted by Gasteiger charge is -2.21. The van der Waals surface area contributed by atoms with E-state index in [-0.39, 0.29) is 12.1 Å². The fourth-order valence-electron chi connectivity index (χ4n) is 3.49. The minimum atomic E-state index is 0.203. The van der Waals surface area contributed by atoms with Gasteiger partial charge in [0.05, 0.1) is 35.4 Å². The van der Waals surface area contributed by atoms with Crippen LogP contribution in [0.4, 0.5) is 0 Å². The molecule has 26 heavy (non-hydrogen) atoms. The monoisotopic (exact) mass is 352 g/mol. The highest BCUT2D eigenvalue weighted by Crippen LogP contribution is 2.33. The second-order valence-electron chi connectivity index (χ2n) is 6.83. The Morgan fingerprint density at radius 1 is 1.23 bits per heavy atom. The zero-order valence-corrected chi connectivity index (χ0v) is 15.4. The maximum Gasteiger partial charge on any atom is 0.124 e. The van der Waals surface area contributed by atoms with E-state index < -0.39 is 0 Å². The van der Waals surface area contributed by atoms with Gasteiger partial charge in [0.1, 0.15) is 5.82 Å². The first-order chi connectivity index (χ1) is 12.6. The van der Waals surface area contributed by atoms with E-state index in [0.717, 1.165) is 48.1 Å². The Balaban J connectivity index is 1.54. The molecule has 0 saturated carbocycles. The second-order valence-corrected chi connectivity index (χ2v) is 6.83. The molecule has 1 fully saturated rings. The van der Waals surface area contributed by atoms with Crippen LogP contribution in [-0.2, 0) is 11.3 Å². The molecule has 1 aliphatic rings. The molecule has 3 aromatic rings. The predicted molar refractivity (Wildman–Crippen MR) is 98.0 cm³/mol. The number of aryl methyl sites for hydroxylation is 2. The summed E-state index contributed by atoms with van der Waals surface area (Å²) in [6, 6.07) is 10.2. The molecule has 4 rings (SSSR count). The Morgan fingerprint density at radius 2 is 2.04 bits per heavy atom. The van der Waals surface area contributed by atoms with Gasteiger partial charge in [-0.05, 0) is 32.4 Å². The summed E-state index contributed by atoms with van der Waals surface area (Å²) in [5, 5.41) is 9.05. The van der Waals surface area contributed by atoms with Crippen molar-refractivity contribution in [3.63, 3.8) is 0 Å². The van der Waals surface area contributed by atoms with Gasteiger partial charge in [-0.2, -0.15) is 15.0 Å². The number of methoxy groups -OCH3 is 1. The van der Waals surface area contributed by atoms with Crippen molar-refractivity contribution in [1.29, 1.82) is 0 Å². The van der Waals surface area contributed by atoms with Crippen molar-refractivity contribution in [2.75, 3.05) is 13.7 Å². The molecule has 0 bridgehead atoms. The van der Waals surface area contributed by atoms with E-state index in [9.17, 15) is 0 Å². The van der Waals surface area contributed by atoms with Crippen molar-refractivity contribution in [2.24, 2.45) is 0 Å². The van der Waals surface area contributed by atoms with Crippen molar-refractivity contribution in [3.8, 4) is 5.69 Å². The van der Waals surface area contributed by atoms with E-state index >= 15 is 0 Å². The molecule has 3 heterocycles. The van der Waals surface area contributed by atoms with Crippen LogP contribution in [0.1, 0.15) is 35.4 Å². The third-order valence-electron chi connectivity index (χ3n) is 5.05. The molecular weight excluding hydrogens is 328 g/mol. The van der Waals surface area contributed by atoms with Crippen LogP contribution >= 0.6 is 0 Å². The number of nitrogens with zero attached hydrogens (tertiary/aromatic N) is 5. The lowest BCUT2D eigenvalue weighted by molar-refractivity contribution is 0.107. The Bertz CT molecular complexity index is 852. The maximum absolute atomic E-state index is 5.62. The van der Waals surface area contributed by atoms with Crippen molar-refractivity contribution < 1.29 is 4.74 Å². The van der Waals surface area contributed by atoms with Crippen LogP contribution in [0.25, 0.3) is 5.69 Å². The molecule has 0 aliphatic carbocycles. The first-order valence-corrected chi connectivity index (χ1v) is 8.90. The quantitative estimate of drug-likeness (QED) is 0.764. The van der Waals surface area contributed by atoms with Gasteiger partial charge in [-0.25, -0.2) is 4.98 Å². The van der Waals surface area contributed by atoms with Gasteiger partial charge in [0.15, 0.2) is 0 Å². The summed E-state index contributed by atoms with van der Waals surface area (Å²) in [4.78, 5) is 12.2. The van der Waals surface area contributed by atoms with E-state index in [2.05, 4.69) is 27.0 Å². The Labute approximate surface area is 153 Å². The van der Waals surface area contributed by atoms with Gasteiger partial charge < -0.3 is 9.72 Å². The van der Waals surface area contributed by atoms with Gasteiger partial charge in [0.2, 0.25) is 0 Å². The molecule has 0 unspecified atom stereocenters. The van der Waals surface area contributed by atoms with Crippen LogP contribution in [-0.4, -0.2) is 49.6 Å². The van der Waals surface area contributed by atoms with Crippen molar-refractivity contribution >= 4 is 0 Å². The molecule has 0 radical (unpaired) electrons. The highest BCUT2D eigenvalue weighted by Gasteiger charge is 2.35. The SMILES string of the molecule is CO[C@@H]1C[C@@H](c2nc(C)c(C)[nH]2)N(Cc2cnn(-c3ccccc3)n2)C1. The number of likely N-dealkylation sites (tertiary alicyclic amines) is 1. The number of hydrogen-bond donors (Lipinski definition) is 1. The van der Waals surface area contributed by atoms with E-state index in [0.29, 0.717) is 0 Å². The molecule has 136 valence electrons. The van der Waals surface area contributed by atoms with E-state index in [4.69, 9.17) is 9.72 Å². The molecule has 0 amide bonds. The number of aromatic amines is 1. The Morgan fingerprint density at radius 3 is 2.73 bits per heavy atom. The molecule has 0 spiro atoms. The number of benzene rings is 1. The molecule has 7 nitrogen and oxygen atoms in total. The summed E-state index contributed by atoms with van der Waals surface area (Å²) in [6.07, 6.45) is 2.97. The number of hydrogen-bond acceptors (Lipinski definition) is 5. The van der Waals surface area contributed by atoms with E-state index in [1.54, 1.807) is 11.9 Å². The second kappa shape index (κ2) is 7.01. The summed E-state index contributed by atoms with van der Waals surface area (Å²) in [5.74, 6) is 1.01. The topological polar surface area (TPSA) is 71.9 Å². The highest BCUT2D eigenvalue weighted by molar-refractivity contribution is 5.28. The maximum atomic E-state index is 5.62. The van der Waals surface area contributed by atoms with Gasteiger partial charge in [0, 0.05) is 25.9 Å². The fraction of sp³-hybridized carbons (Fsp3) is 0.421. The number of ether oxygens (including phenoxy) is 1. The van der Waals surface area contributed by atoms with Crippen LogP contribution in [0, 0.1) is 13.8 Å². The lowest BCUT2D eigenvalue weighted by atomic mass is 10.2. The summed E-state index contributed by atoms with van der Waals surface area (Å²) in [7, 11) is 1.77. The van der Waals surface area contributed by atoms with E-state index in [1.165, 1.54) is 0 Å². The standard InChI is InChI=1S/C19H24N6O/c1-13-14(2)22-19(21-13)18-9-17(26-3)12-24(18)11-15-10-20-25(23-15)16-7-5-4-6-8-16/h4-8,10,17-18H,9,11-12H2,1-3H3,(H,21,22)/t17-,18+/m1/s1. The third kappa shape index (κ3) is 3.27. The summed E-state index contributed by atoms with van der Waals surface area (Å²) < 4.78 is 5.62. The van der Waals surface area contributed by atoms with Gasteiger partial charge in [0.25, 0.3) is 0 Å². The molecule has 2 aromatic heterocycles. The molecule has 2 atom stereocenters. The summed E-state index contributed by atoms with van der Waals surface area (Å²) >= 11 is 0. The average Bonchev–Trinajstić information content (AvgIpc) is 3.36. The largest absolute Gasteiger partial charge is 0.380 e.